The van der Waals surface area contributed by atoms with Gasteiger partial charge in [-0.1, -0.05) is 30.3 Å². The lowest BCUT2D eigenvalue weighted by Gasteiger charge is -2.16. The highest BCUT2D eigenvalue weighted by Crippen LogP contribution is 2.22. The Labute approximate surface area is 171 Å². The molecular weight excluding hydrogens is 364 g/mol. The number of carbonyl (C=O) groups excluding carboxylic acids is 1. The van der Waals surface area contributed by atoms with E-state index in [0.717, 1.165) is 60.8 Å². The van der Waals surface area contributed by atoms with Gasteiger partial charge in [-0.2, -0.15) is 5.10 Å². The van der Waals surface area contributed by atoms with E-state index in [2.05, 4.69) is 44.2 Å². The third-order valence-corrected chi connectivity index (χ3v) is 5.90. The number of hydrogen-bond acceptors (Lipinski definition) is 4. The summed E-state index contributed by atoms with van der Waals surface area (Å²) in [6.45, 7) is 4.88. The van der Waals surface area contributed by atoms with Gasteiger partial charge in [-0.05, 0) is 38.7 Å². The van der Waals surface area contributed by atoms with Crippen LogP contribution in [-0.4, -0.2) is 36.5 Å². The van der Waals surface area contributed by atoms with Crippen molar-refractivity contribution in [1.82, 2.24) is 29.9 Å². The highest BCUT2D eigenvalue weighted by molar-refractivity contribution is 5.76. The summed E-state index contributed by atoms with van der Waals surface area (Å²) in [6, 6.07) is 10.3. The molecule has 2 aromatic heterocycles. The van der Waals surface area contributed by atoms with Crippen molar-refractivity contribution in [3.05, 3.63) is 53.1 Å². The number of nitrogens with zero attached hydrogens (tertiary/aromatic N) is 5. The van der Waals surface area contributed by atoms with Crippen molar-refractivity contribution < 1.29 is 4.79 Å². The molecule has 1 aliphatic heterocycles. The molecule has 1 atom stereocenters. The Morgan fingerprint density at radius 1 is 1.17 bits per heavy atom. The Kier molecular flexibility index (Phi) is 5.47. The molecule has 1 N–H and O–H groups in total. The van der Waals surface area contributed by atoms with Gasteiger partial charge in [0.1, 0.15) is 5.82 Å². The van der Waals surface area contributed by atoms with Gasteiger partial charge in [-0.3, -0.25) is 9.48 Å². The molecule has 152 valence electrons. The summed E-state index contributed by atoms with van der Waals surface area (Å²) < 4.78 is 4.08. The van der Waals surface area contributed by atoms with Gasteiger partial charge >= 0.3 is 0 Å². The Bertz CT molecular complexity index is 1000. The molecule has 0 aliphatic carbocycles. The number of amides is 1. The Morgan fingerprint density at radius 2 is 1.97 bits per heavy atom. The van der Waals surface area contributed by atoms with E-state index < -0.39 is 0 Å². The molecule has 1 aliphatic rings. The minimum atomic E-state index is 0.110. The third kappa shape index (κ3) is 4.09. The molecule has 29 heavy (non-hydrogen) atoms. The molecule has 1 amide bonds. The number of rotatable bonds is 5. The van der Waals surface area contributed by atoms with Gasteiger partial charge in [0.2, 0.25) is 5.91 Å². The van der Waals surface area contributed by atoms with E-state index in [1.54, 1.807) is 0 Å². The van der Waals surface area contributed by atoms with Crippen LogP contribution in [0, 0.1) is 13.8 Å². The fourth-order valence-corrected chi connectivity index (χ4v) is 4.15. The summed E-state index contributed by atoms with van der Waals surface area (Å²) >= 11 is 0. The van der Waals surface area contributed by atoms with Crippen molar-refractivity contribution in [3.8, 4) is 11.4 Å². The van der Waals surface area contributed by atoms with Crippen molar-refractivity contribution in [2.24, 2.45) is 7.05 Å². The molecule has 7 heteroatoms. The van der Waals surface area contributed by atoms with Crippen molar-refractivity contribution in [3.63, 3.8) is 0 Å². The smallest absolute Gasteiger partial charge is 0.220 e. The van der Waals surface area contributed by atoms with Crippen LogP contribution in [0.2, 0.25) is 0 Å². The van der Waals surface area contributed by atoms with Gasteiger partial charge in [-0.25, -0.2) is 0 Å². The topological polar surface area (TPSA) is 77.6 Å². The Hall–Kier alpha value is -2.96. The van der Waals surface area contributed by atoms with Gasteiger partial charge in [-0.15, -0.1) is 10.2 Å². The molecular formula is C22H28N6O. The van der Waals surface area contributed by atoms with Crippen LogP contribution in [-0.2, 0) is 31.2 Å². The largest absolute Gasteiger partial charge is 0.353 e. The van der Waals surface area contributed by atoms with E-state index in [0.29, 0.717) is 6.42 Å². The van der Waals surface area contributed by atoms with Crippen LogP contribution in [0.4, 0.5) is 0 Å². The number of hydrogen-bond donors (Lipinski definition) is 1. The van der Waals surface area contributed by atoms with E-state index in [1.165, 1.54) is 5.56 Å². The summed E-state index contributed by atoms with van der Waals surface area (Å²) in [5.74, 6) is 2.02. The standard InChI is InChI=1S/C22H28N6O/c1-15-19(16(2)27(3)26-15)10-12-21(29)23-18-9-11-20-24-25-22(28(20)14-13-18)17-7-5-4-6-8-17/h4-8,18H,9-14H2,1-3H3,(H,23,29). The number of benzene rings is 1. The minimum absolute atomic E-state index is 0.110. The van der Waals surface area contributed by atoms with Gasteiger partial charge in [0.05, 0.1) is 5.69 Å². The monoisotopic (exact) mass is 392 g/mol. The van der Waals surface area contributed by atoms with E-state index in [1.807, 2.05) is 36.9 Å². The van der Waals surface area contributed by atoms with Crippen LogP contribution in [0.15, 0.2) is 30.3 Å². The van der Waals surface area contributed by atoms with E-state index in [-0.39, 0.29) is 11.9 Å². The molecule has 0 spiro atoms. The minimum Gasteiger partial charge on any atom is -0.353 e. The molecule has 0 saturated heterocycles. The van der Waals surface area contributed by atoms with Crippen LogP contribution in [0.5, 0.6) is 0 Å². The van der Waals surface area contributed by atoms with Crippen LogP contribution < -0.4 is 5.32 Å². The highest BCUT2D eigenvalue weighted by Gasteiger charge is 2.22. The molecule has 0 bridgehead atoms. The number of fused-ring (bicyclic) bond motifs is 1. The quantitative estimate of drug-likeness (QED) is 0.724. The normalized spacial score (nSPS) is 16.3. The van der Waals surface area contributed by atoms with Crippen LogP contribution in [0.3, 0.4) is 0 Å². The summed E-state index contributed by atoms with van der Waals surface area (Å²) in [5, 5.41) is 16.5. The molecule has 0 radical (unpaired) electrons. The van der Waals surface area contributed by atoms with Crippen molar-refractivity contribution in [2.45, 2.75) is 58.5 Å². The molecule has 0 saturated carbocycles. The second-order valence-corrected chi connectivity index (χ2v) is 7.82. The predicted molar refractivity (Wildman–Crippen MR) is 111 cm³/mol. The molecule has 3 heterocycles. The maximum Gasteiger partial charge on any atom is 0.220 e. The molecule has 1 unspecified atom stereocenters. The number of aromatic nitrogens is 5. The molecule has 0 fully saturated rings. The zero-order valence-electron chi connectivity index (χ0n) is 17.4. The lowest BCUT2D eigenvalue weighted by molar-refractivity contribution is -0.121. The first-order valence-electron chi connectivity index (χ1n) is 10.3. The van der Waals surface area contributed by atoms with E-state index >= 15 is 0 Å². The lowest BCUT2D eigenvalue weighted by atomic mass is 10.1. The summed E-state index contributed by atoms with van der Waals surface area (Å²) in [5.41, 5.74) is 4.41. The second-order valence-electron chi connectivity index (χ2n) is 7.82. The second kappa shape index (κ2) is 8.19. The van der Waals surface area contributed by atoms with Gasteiger partial charge in [0, 0.05) is 43.7 Å². The highest BCUT2D eigenvalue weighted by atomic mass is 16.1. The summed E-state index contributed by atoms with van der Waals surface area (Å²) in [6.07, 6.45) is 3.83. The summed E-state index contributed by atoms with van der Waals surface area (Å²) in [4.78, 5) is 12.6. The average Bonchev–Trinajstić information content (AvgIpc) is 3.15. The number of carbonyl (C=O) groups is 1. The molecule has 1 aromatic carbocycles. The average molecular weight is 393 g/mol. The van der Waals surface area contributed by atoms with Crippen molar-refractivity contribution in [2.75, 3.05) is 0 Å². The van der Waals surface area contributed by atoms with Crippen LogP contribution in [0.1, 0.15) is 42.0 Å². The zero-order chi connectivity index (χ0) is 20.4. The Morgan fingerprint density at radius 3 is 2.69 bits per heavy atom. The van der Waals surface area contributed by atoms with Crippen molar-refractivity contribution in [1.29, 1.82) is 0 Å². The maximum atomic E-state index is 12.6. The zero-order valence-corrected chi connectivity index (χ0v) is 17.4. The third-order valence-electron chi connectivity index (χ3n) is 5.90. The fraction of sp³-hybridized carbons (Fsp3) is 0.455. The van der Waals surface area contributed by atoms with Crippen LogP contribution >= 0.6 is 0 Å². The first-order chi connectivity index (χ1) is 14.0. The van der Waals surface area contributed by atoms with E-state index in [9.17, 15) is 4.79 Å². The summed E-state index contributed by atoms with van der Waals surface area (Å²) in [7, 11) is 1.94. The van der Waals surface area contributed by atoms with Gasteiger partial charge in [0.15, 0.2) is 5.82 Å². The van der Waals surface area contributed by atoms with Crippen molar-refractivity contribution >= 4 is 5.91 Å². The molecule has 3 aromatic rings. The van der Waals surface area contributed by atoms with Gasteiger partial charge < -0.3 is 9.88 Å². The lowest BCUT2D eigenvalue weighted by Crippen LogP contribution is -2.35. The van der Waals surface area contributed by atoms with Crippen LogP contribution in [0.25, 0.3) is 11.4 Å². The first kappa shape index (κ1) is 19.4. The number of nitrogens with one attached hydrogen (secondary N) is 1. The predicted octanol–water partition coefficient (Wildman–Crippen LogP) is 2.75. The van der Waals surface area contributed by atoms with Gasteiger partial charge in [0.25, 0.3) is 0 Å². The Balaban J connectivity index is 1.35. The molecule has 4 rings (SSSR count). The number of aryl methyl sites for hydroxylation is 3. The SMILES string of the molecule is Cc1nn(C)c(C)c1CCC(=O)NC1CCc2nnc(-c3ccccc3)n2CC1. The molecule has 7 nitrogen and oxygen atoms in total. The maximum absolute atomic E-state index is 12.6. The first-order valence-corrected chi connectivity index (χ1v) is 10.3. The fourth-order valence-electron chi connectivity index (χ4n) is 4.15. The van der Waals surface area contributed by atoms with E-state index in [4.69, 9.17) is 0 Å².